The van der Waals surface area contributed by atoms with Gasteiger partial charge in [0.1, 0.15) is 5.75 Å². The fraction of sp³-hybridized carbons (Fsp3) is 0.133. The number of rotatable bonds is 3. The molecule has 0 radical (unpaired) electrons. The molecule has 3 N–H and O–H groups in total. The molecule has 0 aliphatic carbocycles. The van der Waals surface area contributed by atoms with Crippen molar-refractivity contribution < 1.29 is 13.2 Å². The minimum Gasteiger partial charge on any atom is -0.497 e. The predicted octanol–water partition coefficient (Wildman–Crippen LogP) is 1.47. The van der Waals surface area contributed by atoms with Gasteiger partial charge in [-0.1, -0.05) is 0 Å². The zero-order chi connectivity index (χ0) is 16.8. The lowest BCUT2D eigenvalue weighted by atomic mass is 10.2. The van der Waals surface area contributed by atoms with Crippen LogP contribution in [0.25, 0.3) is 11.0 Å². The summed E-state index contributed by atoms with van der Waals surface area (Å²) in [5, 5.41) is 0. The zero-order valence-electron chi connectivity index (χ0n) is 12.5. The van der Waals surface area contributed by atoms with Crippen LogP contribution in [0.3, 0.4) is 0 Å². The lowest BCUT2D eigenvalue weighted by Gasteiger charge is -2.08. The number of nitrogens with one attached hydrogen (secondary N) is 1. The Morgan fingerprint density at radius 3 is 2.43 bits per heavy atom. The lowest BCUT2D eigenvalue weighted by Crippen LogP contribution is -2.25. The molecule has 0 spiro atoms. The fourth-order valence-corrected chi connectivity index (χ4v) is 3.71. The molecule has 0 fully saturated rings. The highest BCUT2D eigenvalue weighted by Crippen LogP contribution is 2.23. The van der Waals surface area contributed by atoms with Crippen LogP contribution in [0, 0.1) is 6.92 Å². The van der Waals surface area contributed by atoms with Gasteiger partial charge in [0.05, 0.1) is 23.0 Å². The number of nitrogen functional groups attached to an aromatic ring is 1. The van der Waals surface area contributed by atoms with Crippen molar-refractivity contribution in [3.05, 3.63) is 52.4 Å². The fourth-order valence-electron chi connectivity index (χ4n) is 2.35. The molecule has 0 aliphatic heterocycles. The van der Waals surface area contributed by atoms with E-state index in [4.69, 9.17) is 10.5 Å². The molecular weight excluding hydrogens is 318 g/mol. The highest BCUT2D eigenvalue weighted by atomic mass is 32.2. The number of aromatic nitrogens is 2. The maximum absolute atomic E-state index is 12.8. The number of nitrogens with two attached hydrogens (primary N) is 1. The summed E-state index contributed by atoms with van der Waals surface area (Å²) in [6.07, 6.45) is 0. The van der Waals surface area contributed by atoms with Crippen molar-refractivity contribution in [3.8, 4) is 5.75 Å². The molecule has 7 nitrogen and oxygen atoms in total. The second-order valence-corrected chi connectivity index (χ2v) is 6.89. The molecular formula is C15H15N3O4S. The van der Waals surface area contributed by atoms with Gasteiger partial charge in [-0.15, -0.1) is 0 Å². The van der Waals surface area contributed by atoms with Gasteiger partial charge in [-0.05, 0) is 48.9 Å². The van der Waals surface area contributed by atoms with Gasteiger partial charge in [0, 0.05) is 5.69 Å². The molecule has 1 heterocycles. The van der Waals surface area contributed by atoms with Crippen molar-refractivity contribution in [1.82, 2.24) is 8.96 Å². The van der Waals surface area contributed by atoms with Crippen molar-refractivity contribution in [2.24, 2.45) is 0 Å². The maximum atomic E-state index is 12.8. The minimum absolute atomic E-state index is 0.0135. The highest BCUT2D eigenvalue weighted by Gasteiger charge is 2.23. The number of aryl methyl sites for hydroxylation is 1. The Kier molecular flexibility index (Phi) is 3.41. The average molecular weight is 333 g/mol. The molecule has 0 bridgehead atoms. The number of hydrogen-bond donors (Lipinski definition) is 2. The van der Waals surface area contributed by atoms with E-state index in [1.807, 2.05) is 0 Å². The molecule has 3 aromatic rings. The van der Waals surface area contributed by atoms with Gasteiger partial charge in [-0.25, -0.2) is 13.2 Å². The SMILES string of the molecule is COc1ccc(S(=O)(=O)n2c(=O)[nH]c3cc(C)c(N)cc32)cc1. The van der Waals surface area contributed by atoms with E-state index in [0.29, 0.717) is 17.0 Å². The summed E-state index contributed by atoms with van der Waals surface area (Å²) in [5.74, 6) is 0.523. The van der Waals surface area contributed by atoms with E-state index in [1.54, 1.807) is 13.0 Å². The molecule has 1 aromatic heterocycles. The third-order valence-electron chi connectivity index (χ3n) is 3.63. The van der Waals surface area contributed by atoms with E-state index >= 15 is 0 Å². The minimum atomic E-state index is -4.05. The molecule has 0 amide bonds. The van der Waals surface area contributed by atoms with Crippen LogP contribution in [0.5, 0.6) is 5.75 Å². The number of imidazole rings is 1. The molecule has 0 saturated heterocycles. The van der Waals surface area contributed by atoms with Crippen LogP contribution >= 0.6 is 0 Å². The van der Waals surface area contributed by atoms with Crippen molar-refractivity contribution in [1.29, 1.82) is 0 Å². The van der Waals surface area contributed by atoms with Crippen molar-refractivity contribution in [3.63, 3.8) is 0 Å². The monoisotopic (exact) mass is 333 g/mol. The number of aromatic amines is 1. The summed E-state index contributed by atoms with van der Waals surface area (Å²) in [6.45, 7) is 1.78. The van der Waals surface area contributed by atoms with E-state index in [2.05, 4.69) is 4.98 Å². The van der Waals surface area contributed by atoms with E-state index in [0.717, 1.165) is 9.54 Å². The number of nitrogens with zero attached hydrogens (tertiary/aromatic N) is 1. The Labute approximate surface area is 132 Å². The number of ether oxygens (including phenoxy) is 1. The van der Waals surface area contributed by atoms with Crippen molar-refractivity contribution in [2.75, 3.05) is 12.8 Å². The second-order valence-electron chi connectivity index (χ2n) is 5.10. The quantitative estimate of drug-likeness (QED) is 0.706. The van der Waals surface area contributed by atoms with Crippen LogP contribution in [0.15, 0.2) is 46.1 Å². The van der Waals surface area contributed by atoms with Gasteiger partial charge in [0.15, 0.2) is 0 Å². The highest BCUT2D eigenvalue weighted by molar-refractivity contribution is 7.90. The first-order valence-electron chi connectivity index (χ1n) is 6.75. The normalized spacial score (nSPS) is 11.7. The van der Waals surface area contributed by atoms with E-state index in [9.17, 15) is 13.2 Å². The van der Waals surface area contributed by atoms with Crippen LogP contribution in [-0.2, 0) is 10.0 Å². The number of benzene rings is 2. The molecule has 0 unspecified atom stereocenters. The first kappa shape index (κ1) is 15.2. The van der Waals surface area contributed by atoms with Crippen LogP contribution in [-0.4, -0.2) is 24.5 Å². The van der Waals surface area contributed by atoms with Crippen LogP contribution in [0.4, 0.5) is 5.69 Å². The van der Waals surface area contributed by atoms with Gasteiger partial charge < -0.3 is 15.5 Å². The first-order valence-corrected chi connectivity index (χ1v) is 8.19. The first-order chi connectivity index (χ1) is 10.8. The van der Waals surface area contributed by atoms with Gasteiger partial charge >= 0.3 is 5.69 Å². The van der Waals surface area contributed by atoms with Crippen LogP contribution in [0.1, 0.15) is 5.56 Å². The predicted molar refractivity (Wildman–Crippen MR) is 87.3 cm³/mol. The summed E-state index contributed by atoms with van der Waals surface area (Å²) in [7, 11) is -2.56. The van der Waals surface area contributed by atoms with E-state index in [-0.39, 0.29) is 10.4 Å². The number of fused-ring (bicyclic) bond motifs is 1. The molecule has 120 valence electrons. The Morgan fingerprint density at radius 2 is 1.83 bits per heavy atom. The van der Waals surface area contributed by atoms with E-state index in [1.165, 1.54) is 37.4 Å². The van der Waals surface area contributed by atoms with Gasteiger partial charge in [-0.3, -0.25) is 0 Å². The van der Waals surface area contributed by atoms with Crippen LogP contribution < -0.4 is 16.2 Å². The Balaban J connectivity index is 2.27. The van der Waals surface area contributed by atoms with Crippen LogP contribution in [0.2, 0.25) is 0 Å². The Morgan fingerprint density at radius 1 is 1.17 bits per heavy atom. The van der Waals surface area contributed by atoms with Crippen molar-refractivity contribution in [2.45, 2.75) is 11.8 Å². The molecule has 0 aliphatic rings. The molecule has 0 saturated carbocycles. The van der Waals surface area contributed by atoms with Gasteiger partial charge in [0.2, 0.25) is 0 Å². The third kappa shape index (κ3) is 2.36. The average Bonchev–Trinajstić information content (AvgIpc) is 2.83. The molecule has 0 atom stereocenters. The number of anilines is 1. The summed E-state index contributed by atoms with van der Waals surface area (Å²) in [5.41, 5.74) is 6.91. The largest absolute Gasteiger partial charge is 0.497 e. The van der Waals surface area contributed by atoms with Gasteiger partial charge in [0.25, 0.3) is 10.0 Å². The number of methoxy groups -OCH3 is 1. The summed E-state index contributed by atoms with van der Waals surface area (Å²) >= 11 is 0. The van der Waals surface area contributed by atoms with E-state index < -0.39 is 15.7 Å². The second kappa shape index (κ2) is 5.17. The topological polar surface area (TPSA) is 107 Å². The maximum Gasteiger partial charge on any atom is 0.340 e. The number of hydrogen-bond acceptors (Lipinski definition) is 5. The third-order valence-corrected chi connectivity index (χ3v) is 5.34. The van der Waals surface area contributed by atoms with Crippen molar-refractivity contribution >= 4 is 26.7 Å². The lowest BCUT2D eigenvalue weighted by molar-refractivity contribution is 0.414. The Bertz CT molecular complexity index is 1050. The molecule has 23 heavy (non-hydrogen) atoms. The molecule has 2 aromatic carbocycles. The summed E-state index contributed by atoms with van der Waals surface area (Å²) < 4.78 is 31.3. The van der Waals surface area contributed by atoms with Gasteiger partial charge in [-0.2, -0.15) is 3.97 Å². The zero-order valence-corrected chi connectivity index (χ0v) is 13.3. The smallest absolute Gasteiger partial charge is 0.340 e. The Hall–Kier alpha value is -2.74. The molecule has 8 heteroatoms. The number of H-pyrrole nitrogens is 1. The molecule has 3 rings (SSSR count). The summed E-state index contributed by atoms with van der Waals surface area (Å²) in [4.78, 5) is 14.7. The summed E-state index contributed by atoms with van der Waals surface area (Å²) in [6, 6.07) is 8.93. The standard InChI is InChI=1S/C15H15N3O4S/c1-9-7-13-14(8-12(9)16)18(15(19)17-13)23(20,21)11-5-3-10(22-2)4-6-11/h3-8H,16H2,1-2H3,(H,17,19).